The molecular formula is C25H30N2O3. The minimum atomic E-state index is -0.321. The molecule has 1 aliphatic heterocycles. The molecule has 0 saturated heterocycles. The maximum Gasteiger partial charge on any atom is 0.249 e. The van der Waals surface area contributed by atoms with E-state index in [0.717, 1.165) is 35.1 Å². The van der Waals surface area contributed by atoms with Crippen molar-refractivity contribution in [1.29, 1.82) is 0 Å². The lowest BCUT2D eigenvalue weighted by Crippen LogP contribution is -2.37. The van der Waals surface area contributed by atoms with Crippen LogP contribution in [0.15, 0.2) is 59.7 Å². The van der Waals surface area contributed by atoms with Gasteiger partial charge in [-0.3, -0.25) is 4.79 Å². The summed E-state index contributed by atoms with van der Waals surface area (Å²) in [7, 11) is 0. The number of nitrogens with one attached hydrogen (secondary N) is 2. The molecule has 5 nitrogen and oxygen atoms in total. The lowest BCUT2D eigenvalue weighted by atomic mass is 9.90. The number of rotatable bonds is 7. The molecule has 0 bridgehead atoms. The Hall–Kier alpha value is -2.79. The van der Waals surface area contributed by atoms with E-state index in [2.05, 4.69) is 10.6 Å². The number of carbonyl (C=O) groups excluding carboxylic acids is 1. The van der Waals surface area contributed by atoms with Gasteiger partial charge in [-0.1, -0.05) is 49.6 Å². The Morgan fingerprint density at radius 2 is 1.90 bits per heavy atom. The Morgan fingerprint density at radius 3 is 2.57 bits per heavy atom. The molecule has 2 aromatic rings. The number of benzene rings is 2. The maximum absolute atomic E-state index is 12.6. The molecule has 1 atom stereocenters. The molecule has 158 valence electrons. The van der Waals surface area contributed by atoms with Gasteiger partial charge < -0.3 is 20.5 Å². The van der Waals surface area contributed by atoms with E-state index >= 15 is 0 Å². The SMILES string of the molecule is CC1=C([C@H](NC2CCCCC2)c2ccc(OCc3ccccc3)cc2O)C(=O)NC1. The van der Waals surface area contributed by atoms with Gasteiger partial charge >= 0.3 is 0 Å². The molecule has 1 saturated carbocycles. The molecular weight excluding hydrogens is 376 g/mol. The third-order valence-electron chi connectivity index (χ3n) is 6.08. The summed E-state index contributed by atoms with van der Waals surface area (Å²) >= 11 is 0. The summed E-state index contributed by atoms with van der Waals surface area (Å²) in [6.45, 7) is 2.99. The summed E-state index contributed by atoms with van der Waals surface area (Å²) in [6.07, 6.45) is 5.87. The second-order valence-electron chi connectivity index (χ2n) is 8.31. The number of carbonyl (C=O) groups is 1. The Balaban J connectivity index is 1.56. The van der Waals surface area contributed by atoms with Crippen molar-refractivity contribution in [2.75, 3.05) is 6.54 Å². The predicted molar refractivity (Wildman–Crippen MR) is 117 cm³/mol. The quantitative estimate of drug-likeness (QED) is 0.638. The van der Waals surface area contributed by atoms with Gasteiger partial charge in [-0.05, 0) is 43.0 Å². The van der Waals surface area contributed by atoms with Crippen LogP contribution in [-0.4, -0.2) is 23.6 Å². The van der Waals surface area contributed by atoms with Crippen molar-refractivity contribution >= 4 is 5.91 Å². The predicted octanol–water partition coefficient (Wildman–Crippen LogP) is 4.38. The van der Waals surface area contributed by atoms with Crippen LogP contribution in [0.4, 0.5) is 0 Å². The molecule has 0 radical (unpaired) electrons. The third-order valence-corrected chi connectivity index (χ3v) is 6.08. The van der Waals surface area contributed by atoms with Crippen LogP contribution >= 0.6 is 0 Å². The van der Waals surface area contributed by atoms with Crippen molar-refractivity contribution in [3.63, 3.8) is 0 Å². The van der Waals surface area contributed by atoms with Crippen molar-refractivity contribution in [2.24, 2.45) is 0 Å². The first kappa shape index (κ1) is 20.5. The van der Waals surface area contributed by atoms with Gasteiger partial charge in [0.05, 0.1) is 6.04 Å². The number of hydrogen-bond donors (Lipinski definition) is 3. The molecule has 0 spiro atoms. The summed E-state index contributed by atoms with van der Waals surface area (Å²) < 4.78 is 5.85. The van der Waals surface area contributed by atoms with Crippen molar-refractivity contribution < 1.29 is 14.6 Å². The third kappa shape index (κ3) is 4.68. The standard InChI is InChI=1S/C25H30N2O3/c1-17-15-26-25(29)23(17)24(27-19-10-6-3-7-11-19)21-13-12-20(14-22(21)28)30-16-18-8-4-2-5-9-18/h2,4-5,8-9,12-14,19,24,27-28H,3,6-7,10-11,15-16H2,1H3,(H,26,29)/t24-/m1/s1. The van der Waals surface area contributed by atoms with Crippen LogP contribution in [0.1, 0.15) is 56.2 Å². The fourth-order valence-corrected chi connectivity index (χ4v) is 4.41. The molecule has 1 heterocycles. The number of hydrogen-bond acceptors (Lipinski definition) is 4. The largest absolute Gasteiger partial charge is 0.507 e. The molecule has 3 N–H and O–H groups in total. The van der Waals surface area contributed by atoms with Gasteiger partial charge in [-0.2, -0.15) is 0 Å². The summed E-state index contributed by atoms with van der Waals surface area (Å²) in [4.78, 5) is 12.6. The van der Waals surface area contributed by atoms with E-state index < -0.39 is 0 Å². The van der Waals surface area contributed by atoms with Crippen LogP contribution in [-0.2, 0) is 11.4 Å². The van der Waals surface area contributed by atoms with Crippen LogP contribution in [0.5, 0.6) is 11.5 Å². The van der Waals surface area contributed by atoms with Gasteiger partial charge in [-0.25, -0.2) is 0 Å². The number of phenolic OH excluding ortho intramolecular Hbond substituents is 1. The van der Waals surface area contributed by atoms with Crippen molar-refractivity contribution in [3.05, 3.63) is 70.8 Å². The molecule has 0 unspecified atom stereocenters. The van der Waals surface area contributed by atoms with E-state index in [9.17, 15) is 9.90 Å². The lowest BCUT2D eigenvalue weighted by molar-refractivity contribution is -0.117. The smallest absolute Gasteiger partial charge is 0.249 e. The Bertz CT molecular complexity index is 917. The van der Waals surface area contributed by atoms with E-state index in [4.69, 9.17) is 4.74 Å². The first-order valence-corrected chi connectivity index (χ1v) is 10.9. The van der Waals surface area contributed by atoms with E-state index in [0.29, 0.717) is 24.9 Å². The lowest BCUT2D eigenvalue weighted by Gasteiger charge is -2.30. The van der Waals surface area contributed by atoms with Gasteiger partial charge in [0.1, 0.15) is 18.1 Å². The van der Waals surface area contributed by atoms with E-state index in [1.807, 2.05) is 49.4 Å². The fraction of sp³-hybridized carbons (Fsp3) is 0.400. The monoisotopic (exact) mass is 406 g/mol. The molecule has 5 heteroatoms. The molecule has 4 rings (SSSR count). The van der Waals surface area contributed by atoms with Gasteiger partial charge in [0.25, 0.3) is 0 Å². The molecule has 1 aliphatic carbocycles. The fourth-order valence-electron chi connectivity index (χ4n) is 4.41. The van der Waals surface area contributed by atoms with Crippen LogP contribution < -0.4 is 15.4 Å². The first-order valence-electron chi connectivity index (χ1n) is 10.9. The topological polar surface area (TPSA) is 70.6 Å². The number of ether oxygens (including phenoxy) is 1. The highest BCUT2D eigenvalue weighted by Gasteiger charge is 2.32. The van der Waals surface area contributed by atoms with Crippen molar-refractivity contribution in [2.45, 2.75) is 57.7 Å². The highest BCUT2D eigenvalue weighted by Crippen LogP contribution is 2.36. The molecule has 1 fully saturated rings. The average Bonchev–Trinajstić information content (AvgIpc) is 3.10. The van der Waals surface area contributed by atoms with Crippen LogP contribution in [0.2, 0.25) is 0 Å². The van der Waals surface area contributed by atoms with Crippen molar-refractivity contribution in [1.82, 2.24) is 10.6 Å². The Morgan fingerprint density at radius 1 is 1.13 bits per heavy atom. The molecule has 0 aromatic heterocycles. The Kier molecular flexibility index (Phi) is 6.38. The highest BCUT2D eigenvalue weighted by atomic mass is 16.5. The van der Waals surface area contributed by atoms with Crippen LogP contribution in [0.25, 0.3) is 0 Å². The molecule has 30 heavy (non-hydrogen) atoms. The zero-order valence-corrected chi connectivity index (χ0v) is 17.5. The molecule has 2 aromatic carbocycles. The number of aromatic hydroxyl groups is 1. The maximum atomic E-state index is 12.6. The normalized spacial score (nSPS) is 18.4. The number of phenols is 1. The minimum absolute atomic E-state index is 0.0513. The first-order chi connectivity index (χ1) is 14.6. The minimum Gasteiger partial charge on any atom is -0.507 e. The van der Waals surface area contributed by atoms with Gasteiger partial charge in [-0.15, -0.1) is 0 Å². The van der Waals surface area contributed by atoms with Gasteiger partial charge in [0.15, 0.2) is 0 Å². The molecule has 2 aliphatic rings. The highest BCUT2D eigenvalue weighted by molar-refractivity contribution is 5.98. The van der Waals surface area contributed by atoms with Crippen molar-refractivity contribution in [3.8, 4) is 11.5 Å². The Labute approximate surface area is 178 Å². The summed E-state index contributed by atoms with van der Waals surface area (Å²) in [5.41, 5.74) is 3.55. The summed E-state index contributed by atoms with van der Waals surface area (Å²) in [6, 6.07) is 15.4. The second kappa shape index (κ2) is 9.35. The summed E-state index contributed by atoms with van der Waals surface area (Å²) in [5, 5.41) is 17.4. The van der Waals surface area contributed by atoms with E-state index in [-0.39, 0.29) is 17.7 Å². The van der Waals surface area contributed by atoms with Crippen LogP contribution in [0.3, 0.4) is 0 Å². The second-order valence-corrected chi connectivity index (χ2v) is 8.31. The zero-order valence-electron chi connectivity index (χ0n) is 17.5. The van der Waals surface area contributed by atoms with E-state index in [1.54, 1.807) is 6.07 Å². The zero-order chi connectivity index (χ0) is 20.9. The van der Waals surface area contributed by atoms with Crippen LogP contribution in [0, 0.1) is 0 Å². The van der Waals surface area contributed by atoms with E-state index in [1.165, 1.54) is 19.3 Å². The molecule has 1 amide bonds. The number of amides is 1. The average molecular weight is 407 g/mol. The van der Waals surface area contributed by atoms with Gasteiger partial charge in [0, 0.05) is 29.8 Å². The van der Waals surface area contributed by atoms with Gasteiger partial charge in [0.2, 0.25) is 5.91 Å². The summed E-state index contributed by atoms with van der Waals surface area (Å²) in [5.74, 6) is 0.705.